The molecule has 4 nitrogen and oxygen atoms in total. The molecule has 2 bridgehead atoms. The topological polar surface area (TPSA) is 41.6 Å². The summed E-state index contributed by atoms with van der Waals surface area (Å²) in [5, 5.41) is 3.33. The van der Waals surface area contributed by atoms with Gasteiger partial charge in [0, 0.05) is 25.2 Å². The lowest BCUT2D eigenvalue weighted by molar-refractivity contribution is 0.0981. The summed E-state index contributed by atoms with van der Waals surface area (Å²) in [6.45, 7) is 4.07. The maximum atomic E-state index is 11.3. The first-order chi connectivity index (χ1) is 5.81. The molecule has 2 aliphatic rings. The Kier molecular flexibility index (Phi) is 1.92. The minimum absolute atomic E-state index is 0.147. The molecule has 2 saturated heterocycles. The number of carbonyl (C=O) groups excluding carboxylic acids is 1. The molecule has 1 amide bonds. The third kappa shape index (κ3) is 1.16. The Morgan fingerprint density at radius 3 is 3.08 bits per heavy atom. The number of piperazine rings is 1. The maximum absolute atomic E-state index is 11.3. The third-order valence-corrected chi connectivity index (χ3v) is 2.56. The van der Waals surface area contributed by atoms with Gasteiger partial charge >= 0.3 is 6.09 Å². The second-order valence-corrected chi connectivity index (χ2v) is 3.35. The van der Waals surface area contributed by atoms with Crippen LogP contribution in [0.1, 0.15) is 13.3 Å². The number of fused-ring (bicyclic) bond motifs is 2. The zero-order chi connectivity index (χ0) is 8.55. The van der Waals surface area contributed by atoms with E-state index in [0.29, 0.717) is 18.7 Å². The van der Waals surface area contributed by atoms with Gasteiger partial charge in [0.15, 0.2) is 0 Å². The van der Waals surface area contributed by atoms with E-state index in [2.05, 4.69) is 5.32 Å². The number of ether oxygens (including phenoxy) is 1. The minimum atomic E-state index is -0.147. The number of rotatable bonds is 1. The first-order valence-corrected chi connectivity index (χ1v) is 4.48. The van der Waals surface area contributed by atoms with Crippen LogP contribution in [0.25, 0.3) is 0 Å². The lowest BCUT2D eigenvalue weighted by Gasteiger charge is -2.26. The highest BCUT2D eigenvalue weighted by Gasteiger charge is 2.40. The van der Waals surface area contributed by atoms with Crippen LogP contribution in [0.2, 0.25) is 0 Å². The highest BCUT2D eigenvalue weighted by atomic mass is 16.6. The van der Waals surface area contributed by atoms with Crippen molar-refractivity contribution < 1.29 is 9.53 Å². The Balaban J connectivity index is 1.93. The lowest BCUT2D eigenvalue weighted by atomic mass is 10.2. The smallest absolute Gasteiger partial charge is 0.410 e. The summed E-state index contributed by atoms with van der Waals surface area (Å²) in [6.07, 6.45) is 0.949. The van der Waals surface area contributed by atoms with E-state index in [1.54, 1.807) is 0 Å². The van der Waals surface area contributed by atoms with Crippen molar-refractivity contribution in [2.45, 2.75) is 25.4 Å². The molecule has 2 heterocycles. The second kappa shape index (κ2) is 2.94. The van der Waals surface area contributed by atoms with Crippen LogP contribution in [-0.4, -0.2) is 42.8 Å². The zero-order valence-electron chi connectivity index (χ0n) is 7.25. The molecule has 12 heavy (non-hydrogen) atoms. The molecular weight excluding hydrogens is 156 g/mol. The fourth-order valence-electron chi connectivity index (χ4n) is 1.99. The van der Waals surface area contributed by atoms with E-state index in [1.165, 1.54) is 0 Å². The Hall–Kier alpha value is -0.770. The maximum Gasteiger partial charge on any atom is 0.410 e. The first kappa shape index (κ1) is 7.86. The van der Waals surface area contributed by atoms with Crippen LogP contribution in [0.4, 0.5) is 4.79 Å². The minimum Gasteiger partial charge on any atom is -0.450 e. The molecule has 0 aliphatic carbocycles. The molecule has 0 saturated carbocycles. The first-order valence-electron chi connectivity index (χ1n) is 4.48. The Labute approximate surface area is 71.9 Å². The van der Waals surface area contributed by atoms with Crippen molar-refractivity contribution >= 4 is 6.09 Å². The Morgan fingerprint density at radius 2 is 2.58 bits per heavy atom. The molecule has 1 N–H and O–H groups in total. The summed E-state index contributed by atoms with van der Waals surface area (Å²) in [5.74, 6) is 0. The molecule has 0 radical (unpaired) electrons. The number of amides is 1. The normalized spacial score (nSPS) is 32.6. The number of hydrogen-bond acceptors (Lipinski definition) is 3. The molecule has 0 aromatic carbocycles. The largest absolute Gasteiger partial charge is 0.450 e. The van der Waals surface area contributed by atoms with Gasteiger partial charge < -0.3 is 15.0 Å². The quantitative estimate of drug-likeness (QED) is 0.610. The summed E-state index contributed by atoms with van der Waals surface area (Å²) in [5.41, 5.74) is 0. The van der Waals surface area contributed by atoms with Gasteiger partial charge in [-0.2, -0.15) is 0 Å². The monoisotopic (exact) mass is 170 g/mol. The van der Waals surface area contributed by atoms with E-state index in [1.807, 2.05) is 11.8 Å². The standard InChI is InChI=1S/C8H14N2O2/c1-2-12-8(11)10-5-6-3-7(10)4-9-6/h6-7,9H,2-5H2,1H3. The zero-order valence-corrected chi connectivity index (χ0v) is 7.25. The van der Waals surface area contributed by atoms with Gasteiger partial charge in [0.1, 0.15) is 0 Å². The summed E-state index contributed by atoms with van der Waals surface area (Å²) >= 11 is 0. The number of carbonyl (C=O) groups is 1. The molecular formula is C8H14N2O2. The van der Waals surface area contributed by atoms with Gasteiger partial charge in [-0.1, -0.05) is 0 Å². The van der Waals surface area contributed by atoms with Gasteiger partial charge in [0.05, 0.1) is 6.61 Å². The van der Waals surface area contributed by atoms with Crippen LogP contribution in [0.15, 0.2) is 0 Å². The summed E-state index contributed by atoms with van der Waals surface area (Å²) in [6, 6.07) is 0.897. The predicted octanol–water partition coefficient (Wildman–Crippen LogP) is 0.189. The van der Waals surface area contributed by atoms with Crippen molar-refractivity contribution in [3.05, 3.63) is 0 Å². The molecule has 2 aliphatic heterocycles. The average Bonchev–Trinajstić information content (AvgIpc) is 2.64. The van der Waals surface area contributed by atoms with E-state index in [4.69, 9.17) is 4.74 Å². The van der Waals surface area contributed by atoms with Crippen molar-refractivity contribution in [2.24, 2.45) is 0 Å². The molecule has 68 valence electrons. The van der Waals surface area contributed by atoms with Gasteiger partial charge in [0.25, 0.3) is 0 Å². The van der Waals surface area contributed by atoms with Crippen molar-refractivity contribution in [3.8, 4) is 0 Å². The second-order valence-electron chi connectivity index (χ2n) is 3.35. The number of nitrogens with zero attached hydrogens (tertiary/aromatic N) is 1. The Bertz CT molecular complexity index is 195. The van der Waals surface area contributed by atoms with Crippen molar-refractivity contribution in [1.82, 2.24) is 10.2 Å². The molecule has 2 fully saturated rings. The number of likely N-dealkylation sites (tertiary alicyclic amines) is 1. The van der Waals surface area contributed by atoms with Crippen molar-refractivity contribution in [2.75, 3.05) is 19.7 Å². The molecule has 0 aromatic heterocycles. The van der Waals surface area contributed by atoms with Gasteiger partial charge in [-0.25, -0.2) is 4.79 Å². The number of hydrogen-bond donors (Lipinski definition) is 1. The summed E-state index contributed by atoms with van der Waals surface area (Å²) in [7, 11) is 0. The molecule has 2 rings (SSSR count). The van der Waals surface area contributed by atoms with Gasteiger partial charge in [-0.3, -0.25) is 0 Å². The van der Waals surface area contributed by atoms with E-state index in [-0.39, 0.29) is 6.09 Å². The van der Waals surface area contributed by atoms with Gasteiger partial charge in [0.2, 0.25) is 0 Å². The van der Waals surface area contributed by atoms with E-state index in [0.717, 1.165) is 19.5 Å². The summed E-state index contributed by atoms with van der Waals surface area (Å²) in [4.78, 5) is 13.1. The lowest BCUT2D eigenvalue weighted by Crippen LogP contribution is -2.46. The van der Waals surface area contributed by atoms with Crippen LogP contribution < -0.4 is 5.32 Å². The van der Waals surface area contributed by atoms with Crippen LogP contribution in [0.3, 0.4) is 0 Å². The average molecular weight is 170 g/mol. The van der Waals surface area contributed by atoms with Crippen LogP contribution >= 0.6 is 0 Å². The van der Waals surface area contributed by atoms with Crippen LogP contribution in [0.5, 0.6) is 0 Å². The molecule has 4 heteroatoms. The molecule has 2 unspecified atom stereocenters. The van der Waals surface area contributed by atoms with Gasteiger partial charge in [-0.15, -0.1) is 0 Å². The van der Waals surface area contributed by atoms with Gasteiger partial charge in [-0.05, 0) is 13.3 Å². The van der Waals surface area contributed by atoms with Crippen molar-refractivity contribution in [1.29, 1.82) is 0 Å². The van der Waals surface area contributed by atoms with Crippen LogP contribution in [-0.2, 0) is 4.74 Å². The number of nitrogens with one attached hydrogen (secondary N) is 1. The molecule has 0 spiro atoms. The highest BCUT2D eigenvalue weighted by molar-refractivity contribution is 5.68. The SMILES string of the molecule is CCOC(=O)N1CC2CC1CN2. The van der Waals surface area contributed by atoms with E-state index < -0.39 is 0 Å². The highest BCUT2D eigenvalue weighted by Crippen LogP contribution is 2.23. The fraction of sp³-hybridized carbons (Fsp3) is 0.875. The van der Waals surface area contributed by atoms with E-state index >= 15 is 0 Å². The molecule has 2 atom stereocenters. The van der Waals surface area contributed by atoms with Crippen LogP contribution in [0, 0.1) is 0 Å². The summed E-state index contributed by atoms with van der Waals surface area (Å²) < 4.78 is 4.94. The predicted molar refractivity (Wildman–Crippen MR) is 43.9 cm³/mol. The van der Waals surface area contributed by atoms with Crippen molar-refractivity contribution in [3.63, 3.8) is 0 Å². The fourth-order valence-corrected chi connectivity index (χ4v) is 1.99. The molecule has 0 aromatic rings. The third-order valence-electron chi connectivity index (χ3n) is 2.56. The van der Waals surface area contributed by atoms with E-state index in [9.17, 15) is 4.79 Å². The Morgan fingerprint density at radius 1 is 1.75 bits per heavy atom.